The van der Waals surface area contributed by atoms with E-state index >= 15 is 0 Å². The van der Waals surface area contributed by atoms with Gasteiger partial charge in [-0.1, -0.05) is 19.1 Å². The molecule has 0 saturated heterocycles. The third kappa shape index (κ3) is 5.21. The van der Waals surface area contributed by atoms with Gasteiger partial charge in [-0.25, -0.2) is 4.68 Å². The number of ketones is 1. The van der Waals surface area contributed by atoms with Crippen LogP contribution in [0.3, 0.4) is 0 Å². The fourth-order valence-corrected chi connectivity index (χ4v) is 2.30. The van der Waals surface area contributed by atoms with Crippen molar-refractivity contribution in [1.29, 1.82) is 0 Å². The van der Waals surface area contributed by atoms with E-state index in [0.717, 1.165) is 12.2 Å². The van der Waals surface area contributed by atoms with Gasteiger partial charge in [0.2, 0.25) is 0 Å². The van der Waals surface area contributed by atoms with Crippen molar-refractivity contribution in [2.45, 2.75) is 53.2 Å². The van der Waals surface area contributed by atoms with Crippen LogP contribution in [-0.2, 0) is 21.7 Å². The van der Waals surface area contributed by atoms with Crippen LogP contribution in [0, 0.1) is 5.41 Å². The predicted molar refractivity (Wildman–Crippen MR) is 82.0 cm³/mol. The second-order valence-electron chi connectivity index (χ2n) is 6.74. The number of carbonyl (C=O) groups is 1. The molecule has 1 aromatic rings. The summed E-state index contributed by atoms with van der Waals surface area (Å²) in [5, 5.41) is 11.3. The Balaban J connectivity index is 2.67. The number of hydrogen-bond acceptors (Lipinski definition) is 5. The van der Waals surface area contributed by atoms with E-state index in [9.17, 15) is 4.79 Å². The maximum Gasteiger partial charge on any atom is 0.135 e. The summed E-state index contributed by atoms with van der Waals surface area (Å²) in [7, 11) is 1.89. The van der Waals surface area contributed by atoms with Crippen molar-refractivity contribution in [2.24, 2.45) is 5.41 Å². The first-order valence-electron chi connectivity index (χ1n) is 7.34. The average molecular weight is 296 g/mol. The maximum atomic E-state index is 11.7. The Kier molecular flexibility index (Phi) is 6.04. The van der Waals surface area contributed by atoms with E-state index in [1.165, 1.54) is 0 Å². The zero-order valence-corrected chi connectivity index (χ0v) is 14.1. The number of rotatable bonds is 9. The Morgan fingerprint density at radius 3 is 2.62 bits per heavy atom. The van der Waals surface area contributed by atoms with Crippen LogP contribution in [0.4, 0.5) is 0 Å². The summed E-state index contributed by atoms with van der Waals surface area (Å²) in [6.45, 7) is 11.6. The maximum absolute atomic E-state index is 11.7. The molecule has 120 valence electrons. The quantitative estimate of drug-likeness (QED) is 0.703. The molecule has 0 aliphatic carbocycles. The highest BCUT2D eigenvalue weighted by Crippen LogP contribution is 2.32. The molecule has 0 aliphatic heterocycles. The van der Waals surface area contributed by atoms with E-state index in [-0.39, 0.29) is 16.7 Å². The summed E-state index contributed by atoms with van der Waals surface area (Å²) in [5.41, 5.74) is 0.157. The first kappa shape index (κ1) is 17.8. The van der Waals surface area contributed by atoms with Gasteiger partial charge in [-0.15, -0.1) is 5.10 Å². The Labute approximate surface area is 127 Å². The van der Waals surface area contributed by atoms with Crippen LogP contribution in [0.15, 0.2) is 6.20 Å². The van der Waals surface area contributed by atoms with Crippen LogP contribution in [-0.4, -0.2) is 41.0 Å². The standard InChI is InChI=1S/C15H28N4O2/c1-12(20)14(2,3)11-15(4,5)19-9-13(17-18-19)10-21-8-7-16-6/h9,16H,7-8,10-11H2,1-6H3. The van der Waals surface area contributed by atoms with Crippen LogP contribution >= 0.6 is 0 Å². The highest BCUT2D eigenvalue weighted by Gasteiger charge is 2.34. The molecule has 1 rings (SSSR count). The molecule has 0 fully saturated rings. The smallest absolute Gasteiger partial charge is 0.135 e. The lowest BCUT2D eigenvalue weighted by molar-refractivity contribution is -0.126. The molecule has 6 nitrogen and oxygen atoms in total. The Morgan fingerprint density at radius 1 is 1.38 bits per heavy atom. The van der Waals surface area contributed by atoms with Gasteiger partial charge < -0.3 is 10.1 Å². The first-order valence-corrected chi connectivity index (χ1v) is 7.34. The van der Waals surface area contributed by atoms with E-state index in [4.69, 9.17) is 4.74 Å². The molecule has 0 atom stereocenters. The van der Waals surface area contributed by atoms with Gasteiger partial charge in [0, 0.05) is 12.0 Å². The average Bonchev–Trinajstić information content (AvgIpc) is 2.83. The summed E-state index contributed by atoms with van der Waals surface area (Å²) < 4.78 is 7.32. The minimum Gasteiger partial charge on any atom is -0.374 e. The highest BCUT2D eigenvalue weighted by atomic mass is 16.5. The molecule has 0 aliphatic rings. The van der Waals surface area contributed by atoms with Crippen LogP contribution < -0.4 is 5.32 Å². The number of likely N-dealkylation sites (N-methyl/N-ethyl adjacent to an activating group) is 1. The number of nitrogens with one attached hydrogen (secondary N) is 1. The highest BCUT2D eigenvalue weighted by molar-refractivity contribution is 5.81. The van der Waals surface area contributed by atoms with E-state index < -0.39 is 0 Å². The van der Waals surface area contributed by atoms with Crippen molar-refractivity contribution in [2.75, 3.05) is 20.2 Å². The number of nitrogens with zero attached hydrogens (tertiary/aromatic N) is 3. The lowest BCUT2D eigenvalue weighted by Gasteiger charge is -2.33. The molecular weight excluding hydrogens is 268 g/mol. The van der Waals surface area contributed by atoms with E-state index in [0.29, 0.717) is 19.6 Å². The van der Waals surface area contributed by atoms with Crippen LogP contribution in [0.5, 0.6) is 0 Å². The molecule has 0 unspecified atom stereocenters. The second kappa shape index (κ2) is 7.13. The van der Waals surface area contributed by atoms with Gasteiger partial charge in [0.25, 0.3) is 0 Å². The van der Waals surface area contributed by atoms with Gasteiger partial charge >= 0.3 is 0 Å². The molecular formula is C15H28N4O2. The summed E-state index contributed by atoms with van der Waals surface area (Å²) in [5.74, 6) is 0.186. The molecule has 0 radical (unpaired) electrons. The lowest BCUT2D eigenvalue weighted by Crippen LogP contribution is -2.36. The van der Waals surface area contributed by atoms with E-state index in [1.54, 1.807) is 6.92 Å². The molecule has 1 N–H and O–H groups in total. The van der Waals surface area contributed by atoms with Gasteiger partial charge in [0.15, 0.2) is 0 Å². The van der Waals surface area contributed by atoms with Gasteiger partial charge in [-0.05, 0) is 34.2 Å². The molecule has 21 heavy (non-hydrogen) atoms. The summed E-state index contributed by atoms with van der Waals surface area (Å²) in [4.78, 5) is 11.7. The molecule has 1 heterocycles. The summed E-state index contributed by atoms with van der Waals surface area (Å²) >= 11 is 0. The molecule has 0 amide bonds. The van der Waals surface area contributed by atoms with Crippen molar-refractivity contribution in [3.63, 3.8) is 0 Å². The minimum atomic E-state index is -0.376. The Hall–Kier alpha value is -1.27. The van der Waals surface area contributed by atoms with Gasteiger partial charge in [-0.2, -0.15) is 0 Å². The normalized spacial score (nSPS) is 12.7. The third-order valence-electron chi connectivity index (χ3n) is 3.73. The van der Waals surface area contributed by atoms with Crippen LogP contribution in [0.2, 0.25) is 0 Å². The Morgan fingerprint density at radius 2 is 2.05 bits per heavy atom. The Bertz CT molecular complexity index is 466. The van der Waals surface area contributed by atoms with Gasteiger partial charge in [0.05, 0.1) is 24.9 Å². The number of hydrogen-bond donors (Lipinski definition) is 1. The number of carbonyl (C=O) groups excluding carboxylic acids is 1. The van der Waals surface area contributed by atoms with Crippen LogP contribution in [0.1, 0.15) is 46.7 Å². The second-order valence-corrected chi connectivity index (χ2v) is 6.74. The molecule has 0 spiro atoms. The molecule has 1 aromatic heterocycles. The van der Waals surface area contributed by atoms with Crippen molar-refractivity contribution in [3.05, 3.63) is 11.9 Å². The number of ether oxygens (including phenoxy) is 1. The number of aromatic nitrogens is 3. The minimum absolute atomic E-state index is 0.186. The van der Waals surface area contributed by atoms with Gasteiger partial charge in [0.1, 0.15) is 11.5 Å². The summed E-state index contributed by atoms with van der Waals surface area (Å²) in [6.07, 6.45) is 2.61. The molecule has 0 saturated carbocycles. The molecule has 0 aromatic carbocycles. The number of Topliss-reactive ketones (excluding diaryl/α,β-unsaturated/α-hetero) is 1. The first-order chi connectivity index (χ1) is 9.69. The van der Waals surface area contributed by atoms with Crippen molar-refractivity contribution < 1.29 is 9.53 Å². The fourth-order valence-electron chi connectivity index (χ4n) is 2.30. The zero-order chi connectivity index (χ0) is 16.1. The largest absolute Gasteiger partial charge is 0.374 e. The SMILES string of the molecule is CNCCOCc1cn(C(C)(C)CC(C)(C)C(C)=O)nn1. The van der Waals surface area contributed by atoms with Crippen molar-refractivity contribution in [1.82, 2.24) is 20.3 Å². The third-order valence-corrected chi connectivity index (χ3v) is 3.73. The van der Waals surface area contributed by atoms with Crippen molar-refractivity contribution >= 4 is 5.78 Å². The molecule has 6 heteroatoms. The monoisotopic (exact) mass is 296 g/mol. The van der Waals surface area contributed by atoms with E-state index in [2.05, 4.69) is 29.5 Å². The van der Waals surface area contributed by atoms with Gasteiger partial charge in [-0.3, -0.25) is 4.79 Å². The fraction of sp³-hybridized carbons (Fsp3) is 0.800. The summed E-state index contributed by atoms with van der Waals surface area (Å²) in [6, 6.07) is 0. The topological polar surface area (TPSA) is 69.0 Å². The van der Waals surface area contributed by atoms with E-state index in [1.807, 2.05) is 31.8 Å². The predicted octanol–water partition coefficient (Wildman–Crippen LogP) is 1.75. The van der Waals surface area contributed by atoms with Crippen LogP contribution in [0.25, 0.3) is 0 Å². The lowest BCUT2D eigenvalue weighted by atomic mass is 9.77. The zero-order valence-electron chi connectivity index (χ0n) is 14.1. The molecule has 0 bridgehead atoms. The van der Waals surface area contributed by atoms with Crippen molar-refractivity contribution in [3.8, 4) is 0 Å².